The molecule has 1 aromatic rings. The number of nitrogens with one attached hydrogen (secondary N) is 1. The molecule has 0 unspecified atom stereocenters. The van der Waals surface area contributed by atoms with Crippen molar-refractivity contribution in [1.82, 2.24) is 0 Å². The van der Waals surface area contributed by atoms with Gasteiger partial charge in [-0.05, 0) is 54.0 Å². The smallest absolute Gasteiger partial charge is 0.247 e. The predicted molar refractivity (Wildman–Crippen MR) is 91.3 cm³/mol. The molecule has 0 aromatic heterocycles. The number of anilines is 1. The molecule has 1 heterocycles. The van der Waals surface area contributed by atoms with Crippen molar-refractivity contribution in [2.75, 3.05) is 11.9 Å². The van der Waals surface area contributed by atoms with Gasteiger partial charge in [-0.15, -0.1) is 0 Å². The Kier molecular flexibility index (Phi) is 3.73. The number of hydrogen-bond acceptors (Lipinski definition) is 2. The van der Waals surface area contributed by atoms with Gasteiger partial charge in [0.1, 0.15) is 0 Å². The molecule has 3 heteroatoms. The minimum atomic E-state index is -0.191. The Bertz CT molecular complexity index is 695. The second-order valence-electron chi connectivity index (χ2n) is 6.86. The molecule has 1 aliphatic carbocycles. The number of nitrogens with zero attached hydrogens (tertiary/aromatic N) is 1. The SMILES string of the molecule is C=CC(=O)Nc1cccc(C2=NCC3=C2CC(C)(C)CC3)c1. The van der Waals surface area contributed by atoms with Crippen molar-refractivity contribution >= 4 is 17.3 Å². The Morgan fingerprint density at radius 3 is 3.00 bits per heavy atom. The number of carbonyl (C=O) groups is 1. The highest BCUT2D eigenvalue weighted by molar-refractivity contribution is 6.15. The zero-order chi connectivity index (χ0) is 15.7. The summed E-state index contributed by atoms with van der Waals surface area (Å²) in [5.74, 6) is -0.191. The molecule has 0 bridgehead atoms. The van der Waals surface area contributed by atoms with Crippen molar-refractivity contribution in [1.29, 1.82) is 0 Å². The van der Waals surface area contributed by atoms with Crippen molar-refractivity contribution in [2.45, 2.75) is 33.1 Å². The highest BCUT2D eigenvalue weighted by atomic mass is 16.1. The first kappa shape index (κ1) is 14.8. The van der Waals surface area contributed by atoms with Gasteiger partial charge in [0.15, 0.2) is 0 Å². The highest BCUT2D eigenvalue weighted by Crippen LogP contribution is 2.42. The molecule has 0 fully saturated rings. The Labute approximate surface area is 131 Å². The first-order valence-electron chi connectivity index (χ1n) is 7.78. The fraction of sp³-hybridized carbons (Fsp3) is 0.368. The van der Waals surface area contributed by atoms with E-state index in [0.29, 0.717) is 5.41 Å². The van der Waals surface area contributed by atoms with E-state index < -0.39 is 0 Å². The molecular formula is C19H22N2O. The van der Waals surface area contributed by atoms with E-state index in [-0.39, 0.29) is 5.91 Å². The van der Waals surface area contributed by atoms with E-state index >= 15 is 0 Å². The Balaban J connectivity index is 1.89. The third-order valence-electron chi connectivity index (χ3n) is 4.49. The molecule has 1 aliphatic heterocycles. The fourth-order valence-electron chi connectivity index (χ4n) is 3.23. The van der Waals surface area contributed by atoms with Crippen molar-refractivity contribution < 1.29 is 4.79 Å². The lowest BCUT2D eigenvalue weighted by atomic mass is 9.73. The van der Waals surface area contributed by atoms with Crippen LogP contribution >= 0.6 is 0 Å². The molecule has 0 atom stereocenters. The quantitative estimate of drug-likeness (QED) is 0.837. The lowest BCUT2D eigenvalue weighted by molar-refractivity contribution is -0.111. The van der Waals surface area contributed by atoms with Gasteiger partial charge in [-0.2, -0.15) is 0 Å². The molecule has 0 spiro atoms. The number of hydrogen-bond donors (Lipinski definition) is 1. The van der Waals surface area contributed by atoms with E-state index in [1.165, 1.54) is 23.6 Å². The van der Waals surface area contributed by atoms with Crippen molar-refractivity contribution in [3.8, 4) is 0 Å². The molecule has 3 nitrogen and oxygen atoms in total. The zero-order valence-corrected chi connectivity index (χ0v) is 13.3. The molecule has 1 N–H and O–H groups in total. The van der Waals surface area contributed by atoms with Crippen molar-refractivity contribution in [3.05, 3.63) is 53.6 Å². The Morgan fingerprint density at radius 2 is 2.23 bits per heavy atom. The summed E-state index contributed by atoms with van der Waals surface area (Å²) >= 11 is 0. The average Bonchev–Trinajstić information content (AvgIpc) is 2.89. The second-order valence-corrected chi connectivity index (χ2v) is 6.86. The van der Waals surface area contributed by atoms with Crippen LogP contribution in [0.5, 0.6) is 0 Å². The average molecular weight is 294 g/mol. The largest absolute Gasteiger partial charge is 0.323 e. The fourth-order valence-corrected chi connectivity index (χ4v) is 3.23. The van der Waals surface area contributed by atoms with Crippen molar-refractivity contribution in [2.24, 2.45) is 10.4 Å². The van der Waals surface area contributed by atoms with E-state index in [4.69, 9.17) is 4.99 Å². The summed E-state index contributed by atoms with van der Waals surface area (Å²) in [6.45, 7) is 8.97. The van der Waals surface area contributed by atoms with Gasteiger partial charge in [-0.25, -0.2) is 0 Å². The second kappa shape index (κ2) is 5.56. The molecule has 0 saturated carbocycles. The molecule has 0 saturated heterocycles. The van der Waals surface area contributed by atoms with E-state index in [0.717, 1.165) is 36.3 Å². The van der Waals surface area contributed by atoms with Crippen LogP contribution in [0.25, 0.3) is 0 Å². The monoisotopic (exact) mass is 294 g/mol. The van der Waals surface area contributed by atoms with Gasteiger partial charge in [0.25, 0.3) is 0 Å². The number of amides is 1. The molecule has 22 heavy (non-hydrogen) atoms. The predicted octanol–water partition coefficient (Wildman–Crippen LogP) is 4.12. The highest BCUT2D eigenvalue weighted by Gasteiger charge is 2.32. The summed E-state index contributed by atoms with van der Waals surface area (Å²) in [6.07, 6.45) is 4.76. The number of aliphatic imine (C=N–C) groups is 1. The van der Waals surface area contributed by atoms with E-state index in [1.54, 1.807) is 0 Å². The van der Waals surface area contributed by atoms with Crippen LogP contribution in [0, 0.1) is 5.41 Å². The van der Waals surface area contributed by atoms with Crippen LogP contribution in [0.4, 0.5) is 5.69 Å². The summed E-state index contributed by atoms with van der Waals surface area (Å²) in [7, 11) is 0. The topological polar surface area (TPSA) is 41.5 Å². The van der Waals surface area contributed by atoms with Crippen LogP contribution < -0.4 is 5.32 Å². The van der Waals surface area contributed by atoms with Crippen LogP contribution in [0.1, 0.15) is 38.7 Å². The summed E-state index contributed by atoms with van der Waals surface area (Å²) in [4.78, 5) is 16.2. The minimum Gasteiger partial charge on any atom is -0.323 e. The third-order valence-corrected chi connectivity index (χ3v) is 4.49. The third kappa shape index (κ3) is 2.89. The molecule has 3 rings (SSSR count). The molecule has 0 radical (unpaired) electrons. The standard InChI is InChI=1S/C19H22N2O/c1-4-17(22)21-15-7-5-6-13(10-15)18-16-11-19(2,3)9-8-14(16)12-20-18/h4-7,10H,1,8-9,11-12H2,2-3H3,(H,21,22). The Morgan fingerprint density at radius 1 is 1.41 bits per heavy atom. The maximum absolute atomic E-state index is 11.5. The summed E-state index contributed by atoms with van der Waals surface area (Å²) < 4.78 is 0. The van der Waals surface area contributed by atoms with Gasteiger partial charge < -0.3 is 5.32 Å². The van der Waals surface area contributed by atoms with Crippen LogP contribution in [-0.4, -0.2) is 18.2 Å². The van der Waals surface area contributed by atoms with Gasteiger partial charge >= 0.3 is 0 Å². The number of benzene rings is 1. The first-order valence-corrected chi connectivity index (χ1v) is 7.78. The molecule has 1 amide bonds. The van der Waals surface area contributed by atoms with E-state index in [2.05, 4.69) is 31.8 Å². The van der Waals surface area contributed by atoms with Gasteiger partial charge in [-0.1, -0.05) is 32.6 Å². The van der Waals surface area contributed by atoms with Gasteiger partial charge in [0.05, 0.1) is 12.3 Å². The lowest BCUT2D eigenvalue weighted by Gasteiger charge is -2.31. The summed E-state index contributed by atoms with van der Waals surface area (Å²) in [5.41, 5.74) is 6.24. The number of allylic oxidation sites excluding steroid dienone is 1. The molecule has 2 aliphatic rings. The molecule has 1 aromatic carbocycles. The Hall–Kier alpha value is -2.16. The van der Waals surface area contributed by atoms with Crippen LogP contribution in [0.2, 0.25) is 0 Å². The first-order chi connectivity index (χ1) is 10.5. The molecule has 114 valence electrons. The van der Waals surface area contributed by atoms with E-state index in [1.807, 2.05) is 18.2 Å². The lowest BCUT2D eigenvalue weighted by Crippen LogP contribution is -2.21. The van der Waals surface area contributed by atoms with Gasteiger partial charge in [-0.3, -0.25) is 9.79 Å². The van der Waals surface area contributed by atoms with Crippen LogP contribution in [0.3, 0.4) is 0 Å². The zero-order valence-electron chi connectivity index (χ0n) is 13.3. The van der Waals surface area contributed by atoms with Gasteiger partial charge in [0.2, 0.25) is 5.91 Å². The van der Waals surface area contributed by atoms with E-state index in [9.17, 15) is 4.79 Å². The maximum Gasteiger partial charge on any atom is 0.247 e. The van der Waals surface area contributed by atoms with Crippen molar-refractivity contribution in [3.63, 3.8) is 0 Å². The van der Waals surface area contributed by atoms with Gasteiger partial charge in [0, 0.05) is 11.3 Å². The maximum atomic E-state index is 11.5. The minimum absolute atomic E-state index is 0.191. The normalized spacial score (nSPS) is 19.5. The summed E-state index contributed by atoms with van der Waals surface area (Å²) in [6, 6.07) is 7.92. The van der Waals surface area contributed by atoms with Crippen LogP contribution in [-0.2, 0) is 4.79 Å². The number of rotatable bonds is 3. The summed E-state index contributed by atoms with van der Waals surface area (Å²) in [5, 5.41) is 2.82. The number of carbonyl (C=O) groups excluding carboxylic acids is 1. The molecular weight excluding hydrogens is 272 g/mol. The van der Waals surface area contributed by atoms with Crippen LogP contribution in [0.15, 0.2) is 53.1 Å².